The third-order valence-electron chi connectivity index (χ3n) is 2.49. The lowest BCUT2D eigenvalue weighted by molar-refractivity contribution is 0.706. The van der Waals surface area contributed by atoms with Crippen LogP contribution in [0.3, 0.4) is 0 Å². The lowest BCUT2D eigenvalue weighted by Gasteiger charge is -2.07. The molecule has 3 heteroatoms. The number of hydrogen-bond acceptors (Lipinski definition) is 1. The second-order valence-corrected chi connectivity index (χ2v) is 4.91. The Hall–Kier alpha value is -0.500. The molecule has 0 atom stereocenters. The highest BCUT2D eigenvalue weighted by Gasteiger charge is 1.98. The standard InChI is InChI=1S/C14H19Cl2N/c1-3-5-17-10-11(4-2)6-12-7-13(15)9-14(16)8-12/h6-9,17H,3-5,10H2,1-2H3. The Kier molecular flexibility index (Phi) is 6.64. The van der Waals surface area contributed by atoms with Gasteiger partial charge < -0.3 is 5.32 Å². The molecule has 1 rings (SSSR count). The summed E-state index contributed by atoms with van der Waals surface area (Å²) < 4.78 is 0. The molecule has 0 saturated heterocycles. The summed E-state index contributed by atoms with van der Waals surface area (Å²) in [5, 5.41) is 4.76. The molecule has 0 unspecified atom stereocenters. The number of halogens is 2. The van der Waals surface area contributed by atoms with Crippen LogP contribution in [0.5, 0.6) is 0 Å². The van der Waals surface area contributed by atoms with Crippen molar-refractivity contribution in [2.45, 2.75) is 26.7 Å². The molecule has 0 aliphatic carbocycles. The third-order valence-corrected chi connectivity index (χ3v) is 2.93. The van der Waals surface area contributed by atoms with Crippen LogP contribution in [-0.4, -0.2) is 13.1 Å². The minimum absolute atomic E-state index is 0.681. The first kappa shape index (κ1) is 14.6. The summed E-state index contributed by atoms with van der Waals surface area (Å²) in [6.07, 6.45) is 4.33. The average molecular weight is 272 g/mol. The van der Waals surface area contributed by atoms with Crippen LogP contribution < -0.4 is 5.32 Å². The SMILES string of the molecule is CCCNCC(=Cc1cc(Cl)cc(Cl)c1)CC. The molecule has 0 radical (unpaired) electrons. The van der Waals surface area contributed by atoms with Gasteiger partial charge in [0.25, 0.3) is 0 Å². The van der Waals surface area contributed by atoms with E-state index in [4.69, 9.17) is 23.2 Å². The summed E-state index contributed by atoms with van der Waals surface area (Å²) in [6, 6.07) is 5.62. The maximum absolute atomic E-state index is 5.97. The second kappa shape index (κ2) is 7.75. The molecule has 0 saturated carbocycles. The second-order valence-electron chi connectivity index (χ2n) is 4.04. The fourth-order valence-corrected chi connectivity index (χ4v) is 2.14. The first-order valence-electron chi connectivity index (χ1n) is 6.02. The molecule has 1 aromatic carbocycles. The fourth-order valence-electron chi connectivity index (χ4n) is 1.60. The van der Waals surface area contributed by atoms with E-state index in [2.05, 4.69) is 25.2 Å². The van der Waals surface area contributed by atoms with Crippen molar-refractivity contribution < 1.29 is 0 Å². The van der Waals surface area contributed by atoms with E-state index in [-0.39, 0.29) is 0 Å². The van der Waals surface area contributed by atoms with Gasteiger partial charge in [0.1, 0.15) is 0 Å². The van der Waals surface area contributed by atoms with Gasteiger partial charge in [-0.05, 0) is 43.1 Å². The smallest absolute Gasteiger partial charge is 0.0426 e. The zero-order valence-electron chi connectivity index (χ0n) is 10.4. The number of nitrogens with one attached hydrogen (secondary N) is 1. The molecule has 0 aliphatic heterocycles. The molecule has 0 amide bonds. The number of benzene rings is 1. The molecule has 0 spiro atoms. The summed E-state index contributed by atoms with van der Waals surface area (Å²) in [5.74, 6) is 0. The maximum atomic E-state index is 5.97. The van der Waals surface area contributed by atoms with Crippen molar-refractivity contribution in [1.29, 1.82) is 0 Å². The van der Waals surface area contributed by atoms with E-state index in [0.717, 1.165) is 31.5 Å². The summed E-state index contributed by atoms with van der Waals surface area (Å²) in [4.78, 5) is 0. The Morgan fingerprint density at radius 1 is 1.18 bits per heavy atom. The van der Waals surface area contributed by atoms with Gasteiger partial charge in [0, 0.05) is 16.6 Å². The van der Waals surface area contributed by atoms with Crippen molar-refractivity contribution >= 4 is 29.3 Å². The Balaban J connectivity index is 2.75. The molecule has 0 aromatic heterocycles. The van der Waals surface area contributed by atoms with E-state index in [9.17, 15) is 0 Å². The van der Waals surface area contributed by atoms with Gasteiger partial charge in [-0.1, -0.05) is 48.7 Å². The Bertz CT molecular complexity index is 366. The van der Waals surface area contributed by atoms with Crippen LogP contribution in [0.25, 0.3) is 6.08 Å². The van der Waals surface area contributed by atoms with Gasteiger partial charge in [0.05, 0.1) is 0 Å². The van der Waals surface area contributed by atoms with Crippen molar-refractivity contribution in [3.05, 3.63) is 39.4 Å². The van der Waals surface area contributed by atoms with Crippen LogP contribution in [0.2, 0.25) is 10.0 Å². The molecule has 0 fully saturated rings. The number of hydrogen-bond donors (Lipinski definition) is 1. The van der Waals surface area contributed by atoms with Gasteiger partial charge in [-0.15, -0.1) is 0 Å². The molecule has 94 valence electrons. The van der Waals surface area contributed by atoms with Gasteiger partial charge in [-0.2, -0.15) is 0 Å². The van der Waals surface area contributed by atoms with Gasteiger partial charge in [-0.3, -0.25) is 0 Å². The van der Waals surface area contributed by atoms with E-state index in [0.29, 0.717) is 10.0 Å². The first-order valence-corrected chi connectivity index (χ1v) is 6.77. The van der Waals surface area contributed by atoms with Crippen LogP contribution in [-0.2, 0) is 0 Å². The molecule has 0 bridgehead atoms. The van der Waals surface area contributed by atoms with Crippen molar-refractivity contribution in [3.63, 3.8) is 0 Å². The predicted molar refractivity (Wildman–Crippen MR) is 77.9 cm³/mol. The molecule has 1 aromatic rings. The zero-order valence-corrected chi connectivity index (χ0v) is 11.9. The summed E-state index contributed by atoms with van der Waals surface area (Å²) in [6.45, 7) is 6.30. The predicted octanol–water partition coefficient (Wildman–Crippen LogP) is 4.79. The lowest BCUT2D eigenvalue weighted by atomic mass is 10.1. The van der Waals surface area contributed by atoms with Gasteiger partial charge in [0.15, 0.2) is 0 Å². The first-order chi connectivity index (χ1) is 8.15. The summed E-state index contributed by atoms with van der Waals surface area (Å²) >= 11 is 11.9. The highest BCUT2D eigenvalue weighted by molar-refractivity contribution is 6.34. The van der Waals surface area contributed by atoms with Crippen molar-refractivity contribution in [1.82, 2.24) is 5.32 Å². The molecular formula is C14H19Cl2N. The maximum Gasteiger partial charge on any atom is 0.0426 e. The van der Waals surface area contributed by atoms with E-state index >= 15 is 0 Å². The molecule has 17 heavy (non-hydrogen) atoms. The Labute approximate surface area is 114 Å². The van der Waals surface area contributed by atoms with Crippen LogP contribution in [0.4, 0.5) is 0 Å². The Morgan fingerprint density at radius 3 is 2.35 bits per heavy atom. The van der Waals surface area contributed by atoms with Crippen molar-refractivity contribution in [2.75, 3.05) is 13.1 Å². The molecular weight excluding hydrogens is 253 g/mol. The van der Waals surface area contributed by atoms with Crippen LogP contribution in [0, 0.1) is 0 Å². The van der Waals surface area contributed by atoms with E-state index < -0.39 is 0 Å². The summed E-state index contributed by atoms with van der Waals surface area (Å²) in [7, 11) is 0. The average Bonchev–Trinajstić information content (AvgIpc) is 2.26. The van der Waals surface area contributed by atoms with Crippen LogP contribution >= 0.6 is 23.2 Å². The highest BCUT2D eigenvalue weighted by Crippen LogP contribution is 2.21. The van der Waals surface area contributed by atoms with Crippen LogP contribution in [0.1, 0.15) is 32.3 Å². The molecule has 0 aliphatic rings. The van der Waals surface area contributed by atoms with Crippen molar-refractivity contribution in [2.24, 2.45) is 0 Å². The highest BCUT2D eigenvalue weighted by atomic mass is 35.5. The van der Waals surface area contributed by atoms with E-state index in [1.165, 1.54) is 5.57 Å². The molecule has 1 nitrogen and oxygen atoms in total. The lowest BCUT2D eigenvalue weighted by Crippen LogP contribution is -2.17. The zero-order chi connectivity index (χ0) is 12.7. The van der Waals surface area contributed by atoms with E-state index in [1.54, 1.807) is 6.07 Å². The van der Waals surface area contributed by atoms with Gasteiger partial charge in [0.2, 0.25) is 0 Å². The topological polar surface area (TPSA) is 12.0 Å². The minimum Gasteiger partial charge on any atom is -0.313 e. The quantitative estimate of drug-likeness (QED) is 0.734. The normalized spacial score (nSPS) is 11.9. The third kappa shape index (κ3) is 5.58. The Morgan fingerprint density at radius 2 is 1.82 bits per heavy atom. The largest absolute Gasteiger partial charge is 0.313 e. The minimum atomic E-state index is 0.681. The number of rotatable bonds is 6. The van der Waals surface area contributed by atoms with E-state index in [1.807, 2.05) is 12.1 Å². The van der Waals surface area contributed by atoms with Crippen molar-refractivity contribution in [3.8, 4) is 0 Å². The summed E-state index contributed by atoms with van der Waals surface area (Å²) in [5.41, 5.74) is 2.43. The van der Waals surface area contributed by atoms with Gasteiger partial charge >= 0.3 is 0 Å². The van der Waals surface area contributed by atoms with Gasteiger partial charge in [-0.25, -0.2) is 0 Å². The molecule has 1 N–H and O–H groups in total. The molecule has 0 heterocycles. The monoisotopic (exact) mass is 271 g/mol. The van der Waals surface area contributed by atoms with Crippen LogP contribution in [0.15, 0.2) is 23.8 Å². The fraction of sp³-hybridized carbons (Fsp3) is 0.429.